The topological polar surface area (TPSA) is 69.6 Å². The van der Waals surface area contributed by atoms with Crippen LogP contribution in [0.1, 0.15) is 30.6 Å². The van der Waals surface area contributed by atoms with Crippen molar-refractivity contribution in [2.24, 2.45) is 0 Å². The first-order chi connectivity index (χ1) is 8.45. The highest BCUT2D eigenvalue weighted by Gasteiger charge is 2.23. The molecule has 0 amide bonds. The van der Waals surface area contributed by atoms with Gasteiger partial charge < -0.3 is 15.5 Å². The van der Waals surface area contributed by atoms with Crippen LogP contribution < -0.4 is 5.32 Å². The van der Waals surface area contributed by atoms with E-state index in [4.69, 9.17) is 5.11 Å². The Morgan fingerprint density at radius 1 is 1.50 bits per heavy atom. The predicted molar refractivity (Wildman–Crippen MR) is 65.8 cm³/mol. The van der Waals surface area contributed by atoms with Crippen molar-refractivity contribution in [2.75, 3.05) is 6.54 Å². The number of aliphatic hydroxyl groups is 1. The van der Waals surface area contributed by atoms with Gasteiger partial charge in [-0.1, -0.05) is 19.1 Å². The summed E-state index contributed by atoms with van der Waals surface area (Å²) < 4.78 is 13.1. The second-order valence-corrected chi connectivity index (χ2v) is 4.22. The summed E-state index contributed by atoms with van der Waals surface area (Å²) in [7, 11) is 0. The number of aliphatic hydroxyl groups excluding tert-OH is 1. The van der Waals surface area contributed by atoms with Gasteiger partial charge in [0.15, 0.2) is 0 Å². The molecule has 4 nitrogen and oxygen atoms in total. The number of carboxylic acid groups (broad SMARTS) is 1. The molecule has 1 aromatic rings. The fourth-order valence-electron chi connectivity index (χ4n) is 1.83. The Morgan fingerprint density at radius 3 is 2.67 bits per heavy atom. The second kappa shape index (κ2) is 6.47. The number of benzene rings is 1. The number of hydrogen-bond acceptors (Lipinski definition) is 3. The second-order valence-electron chi connectivity index (χ2n) is 4.22. The highest BCUT2D eigenvalue weighted by atomic mass is 19.1. The lowest BCUT2D eigenvalue weighted by Crippen LogP contribution is -2.36. The molecule has 18 heavy (non-hydrogen) atoms. The fourth-order valence-corrected chi connectivity index (χ4v) is 1.83. The van der Waals surface area contributed by atoms with Gasteiger partial charge in [-0.05, 0) is 30.7 Å². The zero-order chi connectivity index (χ0) is 13.7. The molecular formula is C13H18FNO3. The van der Waals surface area contributed by atoms with Crippen LogP contribution in [0.5, 0.6) is 0 Å². The first-order valence-corrected chi connectivity index (χ1v) is 5.85. The van der Waals surface area contributed by atoms with Crippen molar-refractivity contribution in [3.63, 3.8) is 0 Å². The van der Waals surface area contributed by atoms with Gasteiger partial charge in [0.1, 0.15) is 5.82 Å². The van der Waals surface area contributed by atoms with Crippen LogP contribution in [-0.2, 0) is 4.79 Å². The van der Waals surface area contributed by atoms with Crippen molar-refractivity contribution in [1.82, 2.24) is 5.32 Å². The van der Waals surface area contributed by atoms with Gasteiger partial charge in [0.2, 0.25) is 0 Å². The third-order valence-corrected chi connectivity index (χ3v) is 2.77. The summed E-state index contributed by atoms with van der Waals surface area (Å²) in [5.41, 5.74) is 0.943. The quantitative estimate of drug-likeness (QED) is 0.722. The Bertz CT molecular complexity index is 423. The smallest absolute Gasteiger partial charge is 0.305 e. The number of likely N-dealkylation sites (N-methyl/N-ethyl adjacent to an activating group) is 1. The van der Waals surface area contributed by atoms with Crippen LogP contribution >= 0.6 is 0 Å². The molecule has 0 bridgehead atoms. The number of halogens is 1. The third-order valence-electron chi connectivity index (χ3n) is 2.77. The number of carboxylic acids is 1. The third kappa shape index (κ3) is 3.78. The largest absolute Gasteiger partial charge is 0.481 e. The monoisotopic (exact) mass is 255 g/mol. The van der Waals surface area contributed by atoms with E-state index in [1.54, 1.807) is 6.92 Å². The van der Waals surface area contributed by atoms with E-state index in [1.807, 2.05) is 6.92 Å². The van der Waals surface area contributed by atoms with Gasteiger partial charge in [-0.15, -0.1) is 0 Å². The molecule has 0 aromatic heterocycles. The maximum Gasteiger partial charge on any atom is 0.305 e. The van der Waals surface area contributed by atoms with Gasteiger partial charge >= 0.3 is 5.97 Å². The minimum atomic E-state index is -0.987. The van der Waals surface area contributed by atoms with E-state index >= 15 is 0 Å². The summed E-state index contributed by atoms with van der Waals surface area (Å²) in [4.78, 5) is 10.7. The van der Waals surface area contributed by atoms with E-state index in [0.717, 1.165) is 0 Å². The predicted octanol–water partition coefficient (Wildman–Crippen LogP) is 1.62. The van der Waals surface area contributed by atoms with E-state index in [9.17, 15) is 14.3 Å². The van der Waals surface area contributed by atoms with Crippen molar-refractivity contribution >= 4 is 5.97 Å². The van der Waals surface area contributed by atoms with Crippen molar-refractivity contribution < 1.29 is 19.4 Å². The van der Waals surface area contributed by atoms with E-state index in [-0.39, 0.29) is 12.2 Å². The summed E-state index contributed by atoms with van der Waals surface area (Å²) in [6.07, 6.45) is -1.16. The molecular weight excluding hydrogens is 237 g/mol. The first kappa shape index (κ1) is 14.6. The molecule has 0 aliphatic carbocycles. The molecule has 1 aromatic carbocycles. The maximum atomic E-state index is 13.1. The Morgan fingerprint density at radius 2 is 2.17 bits per heavy atom. The molecule has 0 radical (unpaired) electrons. The zero-order valence-electron chi connectivity index (χ0n) is 10.5. The minimum Gasteiger partial charge on any atom is -0.481 e. The number of aryl methyl sites for hydroxylation is 1. The van der Waals surface area contributed by atoms with Crippen molar-refractivity contribution in [1.29, 1.82) is 0 Å². The summed E-state index contributed by atoms with van der Waals surface area (Å²) in [6.45, 7) is 3.98. The molecule has 0 heterocycles. The molecule has 1 rings (SSSR count). The molecule has 0 fully saturated rings. The lowest BCUT2D eigenvalue weighted by atomic mass is 9.98. The zero-order valence-corrected chi connectivity index (χ0v) is 10.5. The van der Waals surface area contributed by atoms with Gasteiger partial charge in [0.05, 0.1) is 12.5 Å². The van der Waals surface area contributed by atoms with Gasteiger partial charge in [-0.25, -0.2) is 4.39 Å². The fraction of sp³-hybridized carbons (Fsp3) is 0.462. The standard InChI is InChI=1S/C13H18FNO3/c1-3-15-11(7-12(16)17)13(18)9-4-5-10(14)8(2)6-9/h4-6,11,13,15,18H,3,7H2,1-2H3,(H,16,17). The van der Waals surface area contributed by atoms with Crippen LogP contribution in [0.15, 0.2) is 18.2 Å². The highest BCUT2D eigenvalue weighted by molar-refractivity contribution is 5.67. The Kier molecular flexibility index (Phi) is 5.25. The minimum absolute atomic E-state index is 0.189. The van der Waals surface area contributed by atoms with Crippen LogP contribution in [0, 0.1) is 12.7 Å². The number of nitrogens with one attached hydrogen (secondary N) is 1. The molecule has 3 N–H and O–H groups in total. The Hall–Kier alpha value is -1.46. The molecule has 2 unspecified atom stereocenters. The van der Waals surface area contributed by atoms with E-state index in [1.165, 1.54) is 18.2 Å². The van der Waals surface area contributed by atoms with Crippen molar-refractivity contribution in [3.05, 3.63) is 35.1 Å². The van der Waals surface area contributed by atoms with Gasteiger partial charge in [0.25, 0.3) is 0 Å². The number of carbonyl (C=O) groups is 1. The van der Waals surface area contributed by atoms with Crippen LogP contribution in [0.3, 0.4) is 0 Å². The van der Waals surface area contributed by atoms with E-state index < -0.39 is 18.1 Å². The summed E-state index contributed by atoms with van der Waals surface area (Å²) >= 11 is 0. The highest BCUT2D eigenvalue weighted by Crippen LogP contribution is 2.21. The summed E-state index contributed by atoms with van der Waals surface area (Å²) in [6, 6.07) is 3.70. The van der Waals surface area contributed by atoms with Crippen LogP contribution in [-0.4, -0.2) is 28.8 Å². The molecule has 2 atom stereocenters. The molecule has 5 heteroatoms. The van der Waals surface area contributed by atoms with E-state index in [0.29, 0.717) is 17.7 Å². The maximum absolute atomic E-state index is 13.1. The Labute approximate surface area is 105 Å². The van der Waals surface area contributed by atoms with Crippen LogP contribution in [0.2, 0.25) is 0 Å². The average Bonchev–Trinajstić information content (AvgIpc) is 2.31. The van der Waals surface area contributed by atoms with Gasteiger partial charge in [-0.3, -0.25) is 4.79 Å². The van der Waals surface area contributed by atoms with Crippen molar-refractivity contribution in [2.45, 2.75) is 32.4 Å². The molecule has 0 aliphatic heterocycles. The van der Waals surface area contributed by atoms with Crippen molar-refractivity contribution in [3.8, 4) is 0 Å². The van der Waals surface area contributed by atoms with Crippen LogP contribution in [0.25, 0.3) is 0 Å². The molecule has 0 saturated carbocycles. The number of hydrogen-bond donors (Lipinski definition) is 3. The number of aliphatic carboxylic acids is 1. The summed E-state index contributed by atoms with van der Waals surface area (Å²) in [5.74, 6) is -1.33. The molecule has 100 valence electrons. The Balaban J connectivity index is 2.89. The van der Waals surface area contributed by atoms with E-state index in [2.05, 4.69) is 5.32 Å². The number of rotatable bonds is 6. The molecule has 0 aliphatic rings. The molecule has 0 spiro atoms. The summed E-state index contributed by atoms with van der Waals surface area (Å²) in [5, 5.41) is 21.8. The average molecular weight is 255 g/mol. The lowest BCUT2D eigenvalue weighted by Gasteiger charge is -2.23. The normalized spacial score (nSPS) is 14.2. The van der Waals surface area contributed by atoms with Gasteiger partial charge in [0, 0.05) is 6.04 Å². The SMILES string of the molecule is CCNC(CC(=O)O)C(O)c1ccc(F)c(C)c1. The first-order valence-electron chi connectivity index (χ1n) is 5.85. The molecule has 0 saturated heterocycles. The lowest BCUT2D eigenvalue weighted by molar-refractivity contribution is -0.138. The van der Waals surface area contributed by atoms with Gasteiger partial charge in [-0.2, -0.15) is 0 Å². The van der Waals surface area contributed by atoms with Crippen LogP contribution in [0.4, 0.5) is 4.39 Å².